The summed E-state index contributed by atoms with van der Waals surface area (Å²) in [6, 6.07) is 8.55. The van der Waals surface area contributed by atoms with Gasteiger partial charge in [-0.1, -0.05) is 12.1 Å². The van der Waals surface area contributed by atoms with Crippen molar-refractivity contribution >= 4 is 11.4 Å². The molecule has 0 amide bonds. The number of halogens is 1. The molecule has 0 radical (unpaired) electrons. The molecule has 0 fully saturated rings. The second kappa shape index (κ2) is 5.96. The number of hydrogen-bond acceptors (Lipinski definition) is 5. The summed E-state index contributed by atoms with van der Waals surface area (Å²) in [6.45, 7) is 0.328. The molecule has 1 aromatic carbocycles. The van der Waals surface area contributed by atoms with E-state index in [0.717, 1.165) is 11.3 Å². The van der Waals surface area contributed by atoms with Crippen LogP contribution >= 0.6 is 0 Å². The third kappa shape index (κ3) is 3.00. The van der Waals surface area contributed by atoms with Gasteiger partial charge in [0, 0.05) is 12.7 Å². The zero-order valence-corrected chi connectivity index (χ0v) is 10.7. The molecule has 1 aromatic heterocycles. The standard InChI is InChI=1S/C13H12FN3O3/c1-20-10-4-2-9(3-5-10)8-16-11-6-7-15-13(14)12(11)17(18)19/h2-7H,8H2,1H3,(H,15,16). The first-order valence-electron chi connectivity index (χ1n) is 5.77. The van der Waals surface area contributed by atoms with Crippen LogP contribution in [0.2, 0.25) is 0 Å². The molecule has 0 aliphatic heterocycles. The summed E-state index contributed by atoms with van der Waals surface area (Å²) in [5.74, 6) is -0.385. The number of ether oxygens (including phenoxy) is 1. The second-order valence-corrected chi connectivity index (χ2v) is 3.96. The van der Waals surface area contributed by atoms with Crippen molar-refractivity contribution in [3.8, 4) is 5.75 Å². The molecule has 0 atom stereocenters. The number of nitrogens with one attached hydrogen (secondary N) is 1. The van der Waals surface area contributed by atoms with E-state index >= 15 is 0 Å². The molecule has 2 aromatic rings. The van der Waals surface area contributed by atoms with E-state index in [1.807, 2.05) is 12.1 Å². The number of hydrogen-bond donors (Lipinski definition) is 1. The van der Waals surface area contributed by atoms with Crippen LogP contribution in [0.4, 0.5) is 15.8 Å². The predicted octanol–water partition coefficient (Wildman–Crippen LogP) is 2.75. The molecule has 0 bridgehead atoms. The Morgan fingerprint density at radius 1 is 1.35 bits per heavy atom. The van der Waals surface area contributed by atoms with Gasteiger partial charge in [-0.05, 0) is 23.8 Å². The van der Waals surface area contributed by atoms with Crippen LogP contribution in [0.1, 0.15) is 5.56 Å². The Morgan fingerprint density at radius 3 is 2.65 bits per heavy atom. The zero-order valence-electron chi connectivity index (χ0n) is 10.7. The van der Waals surface area contributed by atoms with Crippen molar-refractivity contribution in [3.05, 3.63) is 58.2 Å². The van der Waals surface area contributed by atoms with Crippen molar-refractivity contribution in [3.63, 3.8) is 0 Å². The van der Waals surface area contributed by atoms with Gasteiger partial charge in [0.1, 0.15) is 11.4 Å². The Hall–Kier alpha value is -2.70. The monoisotopic (exact) mass is 277 g/mol. The van der Waals surface area contributed by atoms with E-state index in [2.05, 4.69) is 10.3 Å². The van der Waals surface area contributed by atoms with Crippen LogP contribution in [-0.4, -0.2) is 17.0 Å². The second-order valence-electron chi connectivity index (χ2n) is 3.96. The first-order chi connectivity index (χ1) is 9.61. The molecular formula is C13H12FN3O3. The average Bonchev–Trinajstić information content (AvgIpc) is 2.45. The van der Waals surface area contributed by atoms with Crippen molar-refractivity contribution in [1.29, 1.82) is 0 Å². The summed E-state index contributed by atoms with van der Waals surface area (Å²) in [7, 11) is 1.57. The third-order valence-corrected chi connectivity index (χ3v) is 2.70. The van der Waals surface area contributed by atoms with Gasteiger partial charge >= 0.3 is 5.69 Å². The summed E-state index contributed by atoms with van der Waals surface area (Å²) >= 11 is 0. The lowest BCUT2D eigenvalue weighted by atomic mass is 10.2. The fraction of sp³-hybridized carbons (Fsp3) is 0.154. The van der Waals surface area contributed by atoms with Crippen molar-refractivity contribution in [2.24, 2.45) is 0 Å². The maximum Gasteiger partial charge on any atom is 0.346 e. The Balaban J connectivity index is 2.14. The van der Waals surface area contributed by atoms with Crippen LogP contribution < -0.4 is 10.1 Å². The number of aromatic nitrogens is 1. The minimum absolute atomic E-state index is 0.0957. The lowest BCUT2D eigenvalue weighted by Crippen LogP contribution is -2.05. The summed E-state index contributed by atoms with van der Waals surface area (Å²) in [5, 5.41) is 13.6. The van der Waals surface area contributed by atoms with Gasteiger partial charge in [-0.3, -0.25) is 10.1 Å². The molecular weight excluding hydrogens is 265 g/mol. The third-order valence-electron chi connectivity index (χ3n) is 2.70. The molecule has 0 saturated heterocycles. The SMILES string of the molecule is COc1ccc(CNc2ccnc(F)c2[N+](=O)[O-])cc1. The highest BCUT2D eigenvalue weighted by Crippen LogP contribution is 2.26. The first-order valence-corrected chi connectivity index (χ1v) is 5.77. The van der Waals surface area contributed by atoms with Gasteiger partial charge in [-0.25, -0.2) is 4.98 Å². The fourth-order valence-corrected chi connectivity index (χ4v) is 1.69. The van der Waals surface area contributed by atoms with E-state index in [1.165, 1.54) is 12.3 Å². The van der Waals surface area contributed by atoms with Crippen molar-refractivity contribution in [2.75, 3.05) is 12.4 Å². The normalized spacial score (nSPS) is 10.1. The number of nitrogens with zero attached hydrogens (tertiary/aromatic N) is 2. The molecule has 0 aliphatic rings. The van der Waals surface area contributed by atoms with E-state index in [9.17, 15) is 14.5 Å². The molecule has 104 valence electrons. The summed E-state index contributed by atoms with van der Waals surface area (Å²) in [5.41, 5.74) is 0.330. The Labute approximate surface area is 114 Å². The van der Waals surface area contributed by atoms with Crippen LogP contribution in [0, 0.1) is 16.1 Å². The Kier molecular flexibility index (Phi) is 4.09. The van der Waals surface area contributed by atoms with Crippen molar-refractivity contribution < 1.29 is 14.1 Å². The smallest absolute Gasteiger partial charge is 0.346 e. The highest BCUT2D eigenvalue weighted by Gasteiger charge is 2.20. The highest BCUT2D eigenvalue weighted by molar-refractivity contribution is 5.60. The van der Waals surface area contributed by atoms with Gasteiger partial charge < -0.3 is 10.1 Å². The molecule has 7 heteroatoms. The number of rotatable bonds is 5. The summed E-state index contributed by atoms with van der Waals surface area (Å²) in [6.07, 6.45) is 1.18. The van der Waals surface area contributed by atoms with Crippen LogP contribution in [0.5, 0.6) is 5.75 Å². The largest absolute Gasteiger partial charge is 0.497 e. The number of anilines is 1. The van der Waals surface area contributed by atoms with Crippen LogP contribution in [0.25, 0.3) is 0 Å². The molecule has 1 heterocycles. The fourth-order valence-electron chi connectivity index (χ4n) is 1.69. The molecule has 2 rings (SSSR count). The molecule has 6 nitrogen and oxygen atoms in total. The molecule has 0 aliphatic carbocycles. The Bertz CT molecular complexity index is 617. The van der Waals surface area contributed by atoms with Gasteiger partial charge in [0.2, 0.25) is 0 Å². The van der Waals surface area contributed by atoms with E-state index in [1.54, 1.807) is 19.2 Å². The zero-order chi connectivity index (χ0) is 14.5. The minimum atomic E-state index is -1.10. The van der Waals surface area contributed by atoms with Crippen LogP contribution in [-0.2, 0) is 6.54 Å². The van der Waals surface area contributed by atoms with Crippen molar-refractivity contribution in [2.45, 2.75) is 6.54 Å². The van der Waals surface area contributed by atoms with Crippen molar-refractivity contribution in [1.82, 2.24) is 4.98 Å². The molecule has 0 saturated carbocycles. The topological polar surface area (TPSA) is 77.3 Å². The molecule has 20 heavy (non-hydrogen) atoms. The minimum Gasteiger partial charge on any atom is -0.497 e. The number of nitro groups is 1. The van der Waals surface area contributed by atoms with Gasteiger partial charge in [0.15, 0.2) is 0 Å². The highest BCUT2D eigenvalue weighted by atomic mass is 19.1. The van der Waals surface area contributed by atoms with Gasteiger partial charge in [-0.2, -0.15) is 4.39 Å². The Morgan fingerprint density at radius 2 is 2.05 bits per heavy atom. The predicted molar refractivity (Wildman–Crippen MR) is 71.2 cm³/mol. The van der Waals surface area contributed by atoms with E-state index in [-0.39, 0.29) is 5.69 Å². The first kappa shape index (κ1) is 13.7. The van der Waals surface area contributed by atoms with Gasteiger partial charge in [0.05, 0.1) is 12.0 Å². The van der Waals surface area contributed by atoms with E-state index in [4.69, 9.17) is 4.74 Å². The van der Waals surface area contributed by atoms with E-state index < -0.39 is 16.6 Å². The van der Waals surface area contributed by atoms with E-state index in [0.29, 0.717) is 6.54 Å². The van der Waals surface area contributed by atoms with Gasteiger partial charge in [0.25, 0.3) is 5.95 Å². The average molecular weight is 277 g/mol. The maximum absolute atomic E-state index is 13.3. The molecule has 0 spiro atoms. The number of pyridine rings is 1. The molecule has 0 unspecified atom stereocenters. The lowest BCUT2D eigenvalue weighted by molar-refractivity contribution is -0.387. The number of methoxy groups -OCH3 is 1. The number of benzene rings is 1. The summed E-state index contributed by atoms with van der Waals surface area (Å²) in [4.78, 5) is 13.3. The summed E-state index contributed by atoms with van der Waals surface area (Å²) < 4.78 is 18.3. The van der Waals surface area contributed by atoms with Gasteiger partial charge in [-0.15, -0.1) is 0 Å². The molecule has 1 N–H and O–H groups in total. The van der Waals surface area contributed by atoms with Crippen LogP contribution in [0.3, 0.4) is 0 Å². The quantitative estimate of drug-likeness (QED) is 0.516. The van der Waals surface area contributed by atoms with Crippen LogP contribution in [0.15, 0.2) is 36.5 Å². The lowest BCUT2D eigenvalue weighted by Gasteiger charge is -2.07. The maximum atomic E-state index is 13.3.